The second kappa shape index (κ2) is 8.61. The van der Waals surface area contributed by atoms with E-state index in [0.717, 1.165) is 18.5 Å². The molecule has 0 heterocycles. The van der Waals surface area contributed by atoms with Gasteiger partial charge in [-0.25, -0.2) is 0 Å². The second-order valence-electron chi connectivity index (χ2n) is 4.87. The van der Waals surface area contributed by atoms with E-state index >= 15 is 0 Å². The predicted octanol–water partition coefficient (Wildman–Crippen LogP) is -1.71. The Balaban J connectivity index is 2.56. The molecule has 116 valence electrons. The number of aryl methyl sites for hydroxylation is 1. The maximum Gasteiger partial charge on any atom is 0.230 e. The number of aliphatic carboxylic acids is 1. The van der Waals surface area contributed by atoms with Gasteiger partial charge in [-0.2, -0.15) is 0 Å². The highest BCUT2D eigenvalue weighted by atomic mass is 35.5. The molecule has 0 saturated carbocycles. The third-order valence-corrected chi connectivity index (χ3v) is 3.48. The molecule has 6 N–H and O–H groups in total. The van der Waals surface area contributed by atoms with Gasteiger partial charge in [0.2, 0.25) is 5.91 Å². The van der Waals surface area contributed by atoms with Gasteiger partial charge in [0.25, 0.3) is 0 Å². The van der Waals surface area contributed by atoms with Crippen LogP contribution in [0.3, 0.4) is 0 Å². The first-order valence-electron chi connectivity index (χ1n) is 6.83. The van der Waals surface area contributed by atoms with Crippen LogP contribution in [0, 0.1) is 6.92 Å². The van der Waals surface area contributed by atoms with Crippen molar-refractivity contribution in [3.63, 3.8) is 0 Å². The quantitative estimate of drug-likeness (QED) is 0.496. The molecule has 1 aromatic rings. The van der Waals surface area contributed by atoms with Crippen molar-refractivity contribution in [2.45, 2.75) is 25.8 Å². The molecular formula is C14H21ClN3O3+. The van der Waals surface area contributed by atoms with Gasteiger partial charge in [-0.3, -0.25) is 4.79 Å². The summed E-state index contributed by atoms with van der Waals surface area (Å²) in [5, 5.41) is 15.8. The highest BCUT2D eigenvalue weighted by Gasteiger charge is 2.18. The van der Waals surface area contributed by atoms with Gasteiger partial charge < -0.3 is 26.3 Å². The zero-order valence-electron chi connectivity index (χ0n) is 12.0. The minimum atomic E-state index is -1.24. The van der Waals surface area contributed by atoms with Gasteiger partial charge in [0.1, 0.15) is 6.04 Å². The summed E-state index contributed by atoms with van der Waals surface area (Å²) in [5.74, 6) is -1.62. The van der Waals surface area contributed by atoms with Crippen molar-refractivity contribution in [1.82, 2.24) is 0 Å². The molecule has 1 atom stereocenters. The number of nitrogens with one attached hydrogen (secondary N) is 1. The Hall–Kier alpha value is -1.63. The molecule has 7 heteroatoms. The molecule has 0 unspecified atom stereocenters. The van der Waals surface area contributed by atoms with E-state index in [1.165, 1.54) is 0 Å². The van der Waals surface area contributed by atoms with Gasteiger partial charge >= 0.3 is 0 Å². The fourth-order valence-corrected chi connectivity index (χ4v) is 1.99. The minimum absolute atomic E-state index is 0.148. The average molecular weight is 315 g/mol. The lowest BCUT2D eigenvalue weighted by Gasteiger charge is -2.16. The number of carboxylic acid groups (broad SMARTS) is 1. The summed E-state index contributed by atoms with van der Waals surface area (Å²) in [6.45, 7) is 3.19. The van der Waals surface area contributed by atoms with E-state index in [-0.39, 0.29) is 12.3 Å². The van der Waals surface area contributed by atoms with Crippen LogP contribution in [0.5, 0.6) is 0 Å². The molecule has 0 aliphatic rings. The summed E-state index contributed by atoms with van der Waals surface area (Å²) >= 11 is 5.97. The minimum Gasteiger partial charge on any atom is -0.544 e. The number of nitrogens with two attached hydrogens (primary N) is 1. The van der Waals surface area contributed by atoms with Crippen LogP contribution in [0.1, 0.15) is 18.4 Å². The van der Waals surface area contributed by atoms with Crippen molar-refractivity contribution in [3.05, 3.63) is 28.8 Å². The number of carboxylic acids is 1. The third kappa shape index (κ3) is 6.12. The van der Waals surface area contributed by atoms with Crippen LogP contribution in [-0.4, -0.2) is 31.0 Å². The topological polar surface area (TPSA) is 113 Å². The van der Waals surface area contributed by atoms with E-state index in [1.807, 2.05) is 6.92 Å². The van der Waals surface area contributed by atoms with Crippen molar-refractivity contribution in [2.75, 3.05) is 18.4 Å². The summed E-state index contributed by atoms with van der Waals surface area (Å²) < 4.78 is 0. The number of halogens is 1. The molecular weight excluding hydrogens is 294 g/mol. The number of rotatable bonds is 8. The Morgan fingerprint density at radius 2 is 2.19 bits per heavy atom. The van der Waals surface area contributed by atoms with E-state index in [1.54, 1.807) is 23.5 Å². The number of anilines is 1. The third-order valence-electron chi connectivity index (χ3n) is 3.07. The van der Waals surface area contributed by atoms with Crippen LogP contribution < -0.4 is 21.5 Å². The van der Waals surface area contributed by atoms with Gasteiger partial charge in [0.15, 0.2) is 0 Å². The summed E-state index contributed by atoms with van der Waals surface area (Å²) in [4.78, 5) is 22.9. The van der Waals surface area contributed by atoms with Crippen molar-refractivity contribution in [3.8, 4) is 0 Å². The van der Waals surface area contributed by atoms with Crippen LogP contribution in [0.4, 0.5) is 5.69 Å². The molecule has 0 bridgehead atoms. The largest absolute Gasteiger partial charge is 0.544 e. The number of hydrogen-bond donors (Lipinski definition) is 3. The maximum absolute atomic E-state index is 11.9. The molecule has 1 amide bonds. The van der Waals surface area contributed by atoms with E-state index in [0.29, 0.717) is 17.3 Å². The van der Waals surface area contributed by atoms with Crippen molar-refractivity contribution >= 4 is 29.2 Å². The molecule has 0 spiro atoms. The summed E-state index contributed by atoms with van der Waals surface area (Å²) in [6, 6.07) is 4.25. The van der Waals surface area contributed by atoms with E-state index in [9.17, 15) is 14.7 Å². The zero-order valence-corrected chi connectivity index (χ0v) is 12.8. The van der Waals surface area contributed by atoms with Crippen LogP contribution in [-0.2, 0) is 9.59 Å². The van der Waals surface area contributed by atoms with E-state index in [2.05, 4.69) is 11.1 Å². The van der Waals surface area contributed by atoms with Crippen molar-refractivity contribution in [1.29, 1.82) is 0 Å². The van der Waals surface area contributed by atoms with Crippen molar-refractivity contribution < 1.29 is 25.7 Å². The van der Waals surface area contributed by atoms with Crippen LogP contribution in [0.15, 0.2) is 18.2 Å². The number of benzene rings is 1. The molecule has 0 aliphatic heterocycles. The van der Waals surface area contributed by atoms with E-state index in [4.69, 9.17) is 11.6 Å². The van der Waals surface area contributed by atoms with Crippen LogP contribution in [0.25, 0.3) is 0 Å². The number of carbonyl (C=O) groups excluding carboxylic acids is 2. The van der Waals surface area contributed by atoms with Gasteiger partial charge in [-0.1, -0.05) is 17.7 Å². The summed E-state index contributed by atoms with van der Waals surface area (Å²) in [6.07, 6.45) is 0.643. The van der Waals surface area contributed by atoms with Gasteiger partial charge in [-0.05, 0) is 24.6 Å². The Morgan fingerprint density at radius 3 is 2.76 bits per heavy atom. The fourth-order valence-electron chi connectivity index (χ4n) is 1.81. The Bertz CT molecular complexity index is 508. The molecule has 0 fully saturated rings. The maximum atomic E-state index is 11.9. The summed E-state index contributed by atoms with van der Waals surface area (Å²) in [5.41, 5.74) is 5.14. The lowest BCUT2D eigenvalue weighted by molar-refractivity contribution is -0.684. The standard InChI is InChI=1S/C14H20ClN3O3/c1-9-3-4-10(7-11(9)15)18-13(19)8-12(14(20)21)17-6-2-5-16/h3-4,7,12,17H,2,5-6,8,16H2,1H3,(H,18,19)(H,20,21)/p+1/t12-/m1/s1. The Morgan fingerprint density at radius 1 is 1.48 bits per heavy atom. The Labute approximate surface area is 128 Å². The van der Waals surface area contributed by atoms with Gasteiger partial charge in [0, 0.05) is 17.1 Å². The van der Waals surface area contributed by atoms with Crippen LogP contribution >= 0.6 is 11.6 Å². The SMILES string of the molecule is Cc1ccc(NC(=O)C[C@@H]([NH2+]CCC[NH3+])C(=O)[O-])cc1Cl. The second-order valence-corrected chi connectivity index (χ2v) is 5.28. The normalized spacial score (nSPS) is 12.0. The molecule has 0 aromatic heterocycles. The monoisotopic (exact) mass is 314 g/mol. The highest BCUT2D eigenvalue weighted by molar-refractivity contribution is 6.31. The first-order chi connectivity index (χ1) is 9.93. The lowest BCUT2D eigenvalue weighted by atomic mass is 10.1. The van der Waals surface area contributed by atoms with Gasteiger partial charge in [0.05, 0.1) is 25.5 Å². The summed E-state index contributed by atoms with van der Waals surface area (Å²) in [7, 11) is 0. The number of quaternary nitrogens is 2. The fraction of sp³-hybridized carbons (Fsp3) is 0.429. The first-order valence-corrected chi connectivity index (χ1v) is 7.21. The Kier molecular flexibility index (Phi) is 7.14. The van der Waals surface area contributed by atoms with Gasteiger partial charge in [-0.15, -0.1) is 0 Å². The van der Waals surface area contributed by atoms with E-state index < -0.39 is 12.0 Å². The first kappa shape index (κ1) is 17.4. The molecule has 6 nitrogen and oxygen atoms in total. The molecule has 1 rings (SSSR count). The molecule has 21 heavy (non-hydrogen) atoms. The predicted molar refractivity (Wildman–Crippen MR) is 77.4 cm³/mol. The molecule has 0 radical (unpaired) electrons. The van der Waals surface area contributed by atoms with Crippen LogP contribution in [0.2, 0.25) is 5.02 Å². The highest BCUT2D eigenvalue weighted by Crippen LogP contribution is 2.19. The number of amides is 1. The number of hydrogen-bond acceptors (Lipinski definition) is 3. The zero-order chi connectivity index (χ0) is 15.8. The average Bonchev–Trinajstić information content (AvgIpc) is 2.42. The number of carbonyl (C=O) groups is 2. The molecule has 0 aliphatic carbocycles. The lowest BCUT2D eigenvalue weighted by Crippen LogP contribution is -2.93. The molecule has 0 saturated heterocycles. The van der Waals surface area contributed by atoms with Crippen molar-refractivity contribution in [2.24, 2.45) is 0 Å². The smallest absolute Gasteiger partial charge is 0.230 e. The molecule has 1 aromatic carbocycles.